The van der Waals surface area contributed by atoms with Crippen molar-refractivity contribution in [3.05, 3.63) is 23.0 Å². The highest BCUT2D eigenvalue weighted by atomic mass is 35.5. The number of hydrogen-bond acceptors (Lipinski definition) is 3. The number of nitrogens with zero attached hydrogens (tertiary/aromatic N) is 1. The molecule has 0 aliphatic heterocycles. The molecule has 0 bridgehead atoms. The Morgan fingerprint density at radius 1 is 1.37 bits per heavy atom. The molecule has 0 aliphatic carbocycles. The van der Waals surface area contributed by atoms with E-state index in [9.17, 15) is 4.39 Å². The maximum atomic E-state index is 13.4. The van der Waals surface area contributed by atoms with Crippen LogP contribution in [0.25, 0.3) is 0 Å². The number of anilines is 2. The summed E-state index contributed by atoms with van der Waals surface area (Å²) < 4.78 is 18.5. The van der Waals surface area contributed by atoms with Crippen LogP contribution in [-0.2, 0) is 4.74 Å². The van der Waals surface area contributed by atoms with Crippen molar-refractivity contribution in [1.82, 2.24) is 0 Å². The molecule has 2 N–H and O–H groups in total. The van der Waals surface area contributed by atoms with Gasteiger partial charge in [-0.15, -0.1) is 0 Å². The molecular weight excluding hydrogens is 267 g/mol. The minimum Gasteiger partial charge on any atom is -0.397 e. The second-order valence-electron chi connectivity index (χ2n) is 4.48. The van der Waals surface area contributed by atoms with Crippen LogP contribution in [0.2, 0.25) is 5.02 Å². The fourth-order valence-electron chi connectivity index (χ4n) is 2.22. The zero-order valence-corrected chi connectivity index (χ0v) is 12.5. The first-order valence-corrected chi connectivity index (χ1v) is 6.92. The number of nitrogen functional groups attached to an aromatic ring is 1. The summed E-state index contributed by atoms with van der Waals surface area (Å²) in [6.45, 7) is 5.53. The molecule has 19 heavy (non-hydrogen) atoms. The lowest BCUT2D eigenvalue weighted by molar-refractivity contribution is 0.202. The Labute approximate surface area is 119 Å². The van der Waals surface area contributed by atoms with Crippen molar-refractivity contribution in [3.63, 3.8) is 0 Å². The van der Waals surface area contributed by atoms with Crippen LogP contribution in [0.15, 0.2) is 12.1 Å². The molecule has 1 aromatic carbocycles. The van der Waals surface area contributed by atoms with Gasteiger partial charge in [0, 0.05) is 25.8 Å². The van der Waals surface area contributed by atoms with Gasteiger partial charge in [0.25, 0.3) is 0 Å². The molecule has 0 heterocycles. The van der Waals surface area contributed by atoms with E-state index in [1.54, 1.807) is 13.2 Å². The van der Waals surface area contributed by atoms with E-state index in [-0.39, 0.29) is 5.02 Å². The summed E-state index contributed by atoms with van der Waals surface area (Å²) in [5, 5.41) is 0.0950. The second kappa shape index (κ2) is 7.56. The van der Waals surface area contributed by atoms with Crippen molar-refractivity contribution in [2.45, 2.75) is 32.7 Å². The van der Waals surface area contributed by atoms with Crippen molar-refractivity contribution >= 4 is 23.0 Å². The van der Waals surface area contributed by atoms with E-state index in [2.05, 4.69) is 18.7 Å². The Hall–Kier alpha value is -1.00. The number of nitrogens with two attached hydrogens (primary N) is 1. The average Bonchev–Trinajstić information content (AvgIpc) is 2.39. The summed E-state index contributed by atoms with van der Waals surface area (Å²) in [6.07, 6.45) is 1.96. The number of methoxy groups -OCH3 is 1. The van der Waals surface area contributed by atoms with E-state index >= 15 is 0 Å². The molecule has 1 rings (SSSR count). The van der Waals surface area contributed by atoms with E-state index < -0.39 is 5.82 Å². The van der Waals surface area contributed by atoms with Crippen molar-refractivity contribution in [2.75, 3.05) is 30.9 Å². The molecule has 0 spiro atoms. The molecule has 0 saturated carbocycles. The first kappa shape index (κ1) is 16.1. The van der Waals surface area contributed by atoms with Gasteiger partial charge in [-0.1, -0.05) is 25.4 Å². The van der Waals surface area contributed by atoms with Gasteiger partial charge in [-0.25, -0.2) is 4.39 Å². The van der Waals surface area contributed by atoms with Crippen LogP contribution in [0.3, 0.4) is 0 Å². The molecule has 0 saturated heterocycles. The van der Waals surface area contributed by atoms with Gasteiger partial charge in [-0.3, -0.25) is 0 Å². The lowest BCUT2D eigenvalue weighted by Gasteiger charge is -2.33. The van der Waals surface area contributed by atoms with E-state index in [1.165, 1.54) is 6.07 Å². The molecule has 0 unspecified atom stereocenters. The Morgan fingerprint density at radius 3 is 2.53 bits per heavy atom. The normalized spacial score (nSPS) is 11.1. The lowest BCUT2D eigenvalue weighted by atomic mass is 10.1. The molecule has 5 heteroatoms. The summed E-state index contributed by atoms with van der Waals surface area (Å²) in [4.78, 5) is 2.14. The SMILES string of the molecule is CCC(CC)N(CCOC)c1cc(Cl)c(F)cc1N. The predicted molar refractivity (Wildman–Crippen MR) is 79.4 cm³/mol. The third-order valence-corrected chi connectivity index (χ3v) is 3.59. The van der Waals surface area contributed by atoms with E-state index in [4.69, 9.17) is 22.1 Å². The second-order valence-corrected chi connectivity index (χ2v) is 4.89. The van der Waals surface area contributed by atoms with Crippen LogP contribution < -0.4 is 10.6 Å². The number of halogens is 2. The summed E-state index contributed by atoms with van der Waals surface area (Å²) in [5.74, 6) is -0.487. The molecule has 0 aromatic heterocycles. The van der Waals surface area contributed by atoms with Crippen LogP contribution >= 0.6 is 11.6 Å². The predicted octanol–water partition coefficient (Wildman–Crippen LogP) is 3.70. The van der Waals surface area contributed by atoms with Crippen molar-refractivity contribution in [3.8, 4) is 0 Å². The van der Waals surface area contributed by atoms with Crippen molar-refractivity contribution in [2.24, 2.45) is 0 Å². The van der Waals surface area contributed by atoms with E-state index in [1.807, 2.05) is 0 Å². The largest absolute Gasteiger partial charge is 0.397 e. The van der Waals surface area contributed by atoms with Crippen LogP contribution in [-0.4, -0.2) is 26.3 Å². The minimum atomic E-state index is -0.487. The lowest BCUT2D eigenvalue weighted by Crippen LogP contribution is -2.37. The van der Waals surface area contributed by atoms with E-state index in [0.29, 0.717) is 24.9 Å². The van der Waals surface area contributed by atoms with Gasteiger partial charge in [0.2, 0.25) is 0 Å². The zero-order chi connectivity index (χ0) is 14.4. The third kappa shape index (κ3) is 3.98. The third-order valence-electron chi connectivity index (χ3n) is 3.30. The smallest absolute Gasteiger partial charge is 0.143 e. The van der Waals surface area contributed by atoms with Gasteiger partial charge in [-0.2, -0.15) is 0 Å². The number of benzene rings is 1. The molecule has 0 atom stereocenters. The monoisotopic (exact) mass is 288 g/mol. The standard InChI is InChI=1S/C14H22ClFN2O/c1-4-10(5-2)18(6-7-19-3)14-8-11(15)12(16)9-13(14)17/h8-10H,4-7,17H2,1-3H3. The Kier molecular flexibility index (Phi) is 6.38. The fourth-order valence-corrected chi connectivity index (χ4v) is 2.38. The van der Waals surface area contributed by atoms with Crippen LogP contribution in [0, 0.1) is 5.82 Å². The number of rotatable bonds is 7. The quantitative estimate of drug-likeness (QED) is 0.778. The molecular formula is C14H22ClFN2O. The maximum absolute atomic E-state index is 13.4. The minimum absolute atomic E-state index is 0.0950. The van der Waals surface area contributed by atoms with Gasteiger partial charge in [0.15, 0.2) is 0 Å². The zero-order valence-electron chi connectivity index (χ0n) is 11.7. The van der Waals surface area contributed by atoms with Gasteiger partial charge < -0.3 is 15.4 Å². The summed E-state index contributed by atoms with van der Waals surface area (Å²) in [6, 6.07) is 3.21. The summed E-state index contributed by atoms with van der Waals surface area (Å²) >= 11 is 5.87. The molecule has 1 aromatic rings. The maximum Gasteiger partial charge on any atom is 0.143 e. The van der Waals surface area contributed by atoms with Crippen LogP contribution in [0.1, 0.15) is 26.7 Å². The average molecular weight is 289 g/mol. The first-order valence-electron chi connectivity index (χ1n) is 6.55. The van der Waals surface area contributed by atoms with Crippen molar-refractivity contribution < 1.29 is 9.13 Å². The molecule has 3 nitrogen and oxygen atoms in total. The van der Waals surface area contributed by atoms with Gasteiger partial charge >= 0.3 is 0 Å². The molecule has 0 fully saturated rings. The first-order chi connectivity index (χ1) is 9.04. The number of hydrogen-bond donors (Lipinski definition) is 1. The molecule has 0 aliphatic rings. The van der Waals surface area contributed by atoms with Gasteiger partial charge in [0.1, 0.15) is 5.82 Å². The molecule has 0 amide bonds. The highest BCUT2D eigenvalue weighted by Gasteiger charge is 2.19. The van der Waals surface area contributed by atoms with Crippen LogP contribution in [0.4, 0.5) is 15.8 Å². The Balaban J connectivity index is 3.12. The fraction of sp³-hybridized carbons (Fsp3) is 0.571. The topological polar surface area (TPSA) is 38.5 Å². The van der Waals surface area contributed by atoms with E-state index in [0.717, 1.165) is 18.5 Å². The molecule has 108 valence electrons. The van der Waals surface area contributed by atoms with Crippen molar-refractivity contribution in [1.29, 1.82) is 0 Å². The summed E-state index contributed by atoms with van der Waals surface area (Å²) in [7, 11) is 1.66. The Bertz CT molecular complexity index is 411. The highest BCUT2D eigenvalue weighted by Crippen LogP contribution is 2.31. The highest BCUT2D eigenvalue weighted by molar-refractivity contribution is 6.31. The van der Waals surface area contributed by atoms with Gasteiger partial charge in [0.05, 0.1) is 23.0 Å². The Morgan fingerprint density at radius 2 is 2.00 bits per heavy atom. The molecule has 0 radical (unpaired) electrons. The number of ether oxygens (including phenoxy) is 1. The van der Waals surface area contributed by atoms with Gasteiger partial charge in [-0.05, 0) is 18.9 Å². The summed E-state index contributed by atoms with van der Waals surface area (Å²) in [5.41, 5.74) is 7.11. The van der Waals surface area contributed by atoms with Crippen LogP contribution in [0.5, 0.6) is 0 Å².